The fraction of sp³-hybridized carbons (Fsp3) is 0. The van der Waals surface area contributed by atoms with E-state index in [0.29, 0.717) is 8.95 Å². The van der Waals surface area contributed by atoms with Crippen LogP contribution >= 0.6 is 31.9 Å². The van der Waals surface area contributed by atoms with Gasteiger partial charge in [0.25, 0.3) is 0 Å². The smallest absolute Gasteiger partial charge is 0.202 e. The lowest BCUT2D eigenvalue weighted by molar-refractivity contribution is 0.365. The number of phenolic OH excluding ortho intramolecular Hbond substituents is 3. The van der Waals surface area contributed by atoms with Crippen molar-refractivity contribution in [3.8, 4) is 17.2 Å². The summed E-state index contributed by atoms with van der Waals surface area (Å²) >= 11 is 5.96. The normalized spacial score (nSPS) is 10.0. The summed E-state index contributed by atoms with van der Waals surface area (Å²) in [5.74, 6) is -1.28. The average Bonchev–Trinajstić information content (AvgIpc) is 1.97. The number of halogens is 2. The third-order valence-corrected chi connectivity index (χ3v) is 2.36. The van der Waals surface area contributed by atoms with Crippen molar-refractivity contribution in [3.05, 3.63) is 15.0 Å². The lowest BCUT2D eigenvalue weighted by Crippen LogP contribution is -1.75. The van der Waals surface area contributed by atoms with Crippen LogP contribution in [0, 0.1) is 0 Å². The molecular formula is C6H4Br2O3. The zero-order chi connectivity index (χ0) is 8.59. The Hall–Kier alpha value is -0.420. The molecule has 0 radical (unpaired) electrons. The zero-order valence-electron chi connectivity index (χ0n) is 5.17. The van der Waals surface area contributed by atoms with Crippen molar-refractivity contribution < 1.29 is 15.3 Å². The predicted octanol–water partition coefficient (Wildman–Crippen LogP) is 2.33. The van der Waals surface area contributed by atoms with E-state index in [1.54, 1.807) is 0 Å². The van der Waals surface area contributed by atoms with E-state index in [1.165, 1.54) is 6.07 Å². The summed E-state index contributed by atoms with van der Waals surface area (Å²) in [4.78, 5) is 0. The molecule has 11 heavy (non-hydrogen) atoms. The Morgan fingerprint density at radius 1 is 0.818 bits per heavy atom. The van der Waals surface area contributed by atoms with Crippen molar-refractivity contribution in [1.29, 1.82) is 0 Å². The van der Waals surface area contributed by atoms with Crippen LogP contribution in [-0.2, 0) is 0 Å². The highest BCUT2D eigenvalue weighted by molar-refractivity contribution is 9.11. The summed E-state index contributed by atoms with van der Waals surface area (Å²) in [7, 11) is 0. The summed E-state index contributed by atoms with van der Waals surface area (Å²) < 4.78 is 0.638. The number of hydrogen-bond donors (Lipinski definition) is 3. The van der Waals surface area contributed by atoms with Gasteiger partial charge in [-0.05, 0) is 37.9 Å². The van der Waals surface area contributed by atoms with Crippen LogP contribution in [0.2, 0.25) is 0 Å². The molecule has 0 atom stereocenters. The van der Waals surface area contributed by atoms with Gasteiger partial charge in [0.2, 0.25) is 5.75 Å². The van der Waals surface area contributed by atoms with Gasteiger partial charge < -0.3 is 15.3 Å². The van der Waals surface area contributed by atoms with Crippen LogP contribution in [-0.4, -0.2) is 15.3 Å². The van der Waals surface area contributed by atoms with Crippen molar-refractivity contribution in [2.24, 2.45) is 0 Å². The molecule has 0 bridgehead atoms. The van der Waals surface area contributed by atoms with Crippen LogP contribution < -0.4 is 0 Å². The highest BCUT2D eigenvalue weighted by atomic mass is 79.9. The molecule has 1 rings (SSSR count). The highest BCUT2D eigenvalue weighted by Gasteiger charge is 2.12. The Labute approximate surface area is 79.5 Å². The first-order valence-electron chi connectivity index (χ1n) is 2.63. The monoisotopic (exact) mass is 282 g/mol. The third-order valence-electron chi connectivity index (χ3n) is 1.15. The van der Waals surface area contributed by atoms with Crippen molar-refractivity contribution >= 4 is 31.9 Å². The molecule has 0 aliphatic rings. The summed E-state index contributed by atoms with van der Waals surface area (Å²) in [6.07, 6.45) is 0. The van der Waals surface area contributed by atoms with Gasteiger partial charge in [0.1, 0.15) is 0 Å². The molecular weight excluding hydrogens is 280 g/mol. The molecule has 0 spiro atoms. The van der Waals surface area contributed by atoms with Gasteiger partial charge in [-0.25, -0.2) is 0 Å². The quantitative estimate of drug-likeness (QED) is 0.641. The first kappa shape index (κ1) is 8.67. The Balaban J connectivity index is 3.46. The summed E-state index contributed by atoms with van der Waals surface area (Å²) in [5.41, 5.74) is 0. The van der Waals surface area contributed by atoms with Gasteiger partial charge in [-0.1, -0.05) is 0 Å². The molecule has 0 heterocycles. The fourth-order valence-corrected chi connectivity index (χ4v) is 1.73. The number of rotatable bonds is 0. The number of phenols is 3. The van der Waals surface area contributed by atoms with E-state index in [1.807, 2.05) is 0 Å². The number of aromatic hydroxyl groups is 3. The molecule has 0 aromatic heterocycles. The minimum Gasteiger partial charge on any atom is -0.503 e. The van der Waals surface area contributed by atoms with Crippen molar-refractivity contribution in [3.63, 3.8) is 0 Å². The zero-order valence-corrected chi connectivity index (χ0v) is 8.35. The summed E-state index contributed by atoms with van der Waals surface area (Å²) in [5, 5.41) is 27.1. The standard InChI is InChI=1S/C6H4Br2O3/c7-2-1-3(8)5(10)6(11)4(2)9/h1,9-11H. The summed E-state index contributed by atoms with van der Waals surface area (Å²) in [6.45, 7) is 0. The van der Waals surface area contributed by atoms with Crippen molar-refractivity contribution in [2.45, 2.75) is 0 Å². The maximum Gasteiger partial charge on any atom is 0.202 e. The third kappa shape index (κ3) is 1.44. The van der Waals surface area contributed by atoms with E-state index in [9.17, 15) is 0 Å². The molecule has 0 fully saturated rings. The molecule has 0 aliphatic carbocycles. The van der Waals surface area contributed by atoms with Gasteiger partial charge in [0.15, 0.2) is 11.5 Å². The van der Waals surface area contributed by atoms with Gasteiger partial charge >= 0.3 is 0 Å². The molecule has 1 aromatic carbocycles. The average molecular weight is 284 g/mol. The Kier molecular flexibility index (Phi) is 2.29. The van der Waals surface area contributed by atoms with Crippen LogP contribution in [0.15, 0.2) is 15.0 Å². The van der Waals surface area contributed by atoms with Gasteiger partial charge in [-0.3, -0.25) is 0 Å². The van der Waals surface area contributed by atoms with Gasteiger partial charge in [0, 0.05) is 0 Å². The number of benzene rings is 1. The minimum atomic E-state index is -0.536. The maximum atomic E-state index is 9.03. The van der Waals surface area contributed by atoms with E-state index in [-0.39, 0.29) is 11.5 Å². The Morgan fingerprint density at radius 2 is 1.18 bits per heavy atom. The molecule has 0 saturated heterocycles. The van der Waals surface area contributed by atoms with E-state index < -0.39 is 5.75 Å². The van der Waals surface area contributed by atoms with Crippen molar-refractivity contribution in [2.75, 3.05) is 0 Å². The first-order valence-corrected chi connectivity index (χ1v) is 4.21. The lowest BCUT2D eigenvalue weighted by atomic mass is 10.3. The second kappa shape index (κ2) is 2.91. The maximum absolute atomic E-state index is 9.03. The molecule has 0 amide bonds. The van der Waals surface area contributed by atoms with Gasteiger partial charge in [0.05, 0.1) is 8.95 Å². The van der Waals surface area contributed by atoms with Crippen molar-refractivity contribution in [1.82, 2.24) is 0 Å². The topological polar surface area (TPSA) is 60.7 Å². The molecule has 60 valence electrons. The van der Waals surface area contributed by atoms with Crippen LogP contribution in [0.25, 0.3) is 0 Å². The van der Waals surface area contributed by atoms with E-state index in [4.69, 9.17) is 15.3 Å². The van der Waals surface area contributed by atoms with Crippen LogP contribution in [0.5, 0.6) is 17.2 Å². The van der Waals surface area contributed by atoms with Crippen LogP contribution in [0.4, 0.5) is 0 Å². The molecule has 0 saturated carbocycles. The Morgan fingerprint density at radius 3 is 1.55 bits per heavy atom. The molecule has 5 heteroatoms. The summed E-state index contributed by atoms with van der Waals surface area (Å²) in [6, 6.07) is 1.43. The highest BCUT2D eigenvalue weighted by Crippen LogP contribution is 2.44. The molecule has 0 unspecified atom stereocenters. The van der Waals surface area contributed by atoms with E-state index in [2.05, 4.69) is 31.9 Å². The second-order valence-electron chi connectivity index (χ2n) is 1.89. The molecule has 3 N–H and O–H groups in total. The second-order valence-corrected chi connectivity index (χ2v) is 3.59. The molecule has 3 nitrogen and oxygen atoms in total. The first-order chi connectivity index (χ1) is 5.04. The Bertz CT molecular complexity index is 272. The predicted molar refractivity (Wildman–Crippen MR) is 46.8 cm³/mol. The SMILES string of the molecule is Oc1c(Br)cc(Br)c(O)c1O. The molecule has 0 aliphatic heterocycles. The van der Waals surface area contributed by atoms with Gasteiger partial charge in [-0.2, -0.15) is 0 Å². The molecule has 1 aromatic rings. The van der Waals surface area contributed by atoms with Gasteiger partial charge in [-0.15, -0.1) is 0 Å². The minimum absolute atomic E-state index is 0.319. The van der Waals surface area contributed by atoms with Crippen LogP contribution in [0.1, 0.15) is 0 Å². The van der Waals surface area contributed by atoms with Crippen LogP contribution in [0.3, 0.4) is 0 Å². The lowest BCUT2D eigenvalue weighted by Gasteiger charge is -2.03. The fourth-order valence-electron chi connectivity index (χ4n) is 0.586. The number of hydrogen-bond acceptors (Lipinski definition) is 3. The van der Waals surface area contributed by atoms with E-state index >= 15 is 0 Å². The largest absolute Gasteiger partial charge is 0.503 e. The van der Waals surface area contributed by atoms with E-state index in [0.717, 1.165) is 0 Å².